The number of isothiocyanates is 1. The Morgan fingerprint density at radius 3 is 2.35 bits per heavy atom. The van der Waals surface area contributed by atoms with Crippen LogP contribution < -0.4 is 0 Å². The SMILES string of the molecule is Cc1cc2c(c(C)c1C#Cc1cc(C)c(N=C=S)c(C)c1)CCC(C)C2. The van der Waals surface area contributed by atoms with Crippen LogP contribution in [0.3, 0.4) is 0 Å². The minimum absolute atomic E-state index is 0.790. The molecule has 0 radical (unpaired) electrons. The summed E-state index contributed by atoms with van der Waals surface area (Å²) in [6.45, 7) is 10.9. The number of aryl methyl sites for hydroxylation is 3. The number of benzene rings is 2. The summed E-state index contributed by atoms with van der Waals surface area (Å²) in [4.78, 5) is 4.16. The van der Waals surface area contributed by atoms with E-state index in [0.29, 0.717) is 0 Å². The molecule has 1 unspecified atom stereocenters. The Bertz CT molecular complexity index is 958. The Morgan fingerprint density at radius 1 is 1.00 bits per heavy atom. The number of thiocarbonyl (C=S) groups is 1. The summed E-state index contributed by atoms with van der Waals surface area (Å²) in [5, 5.41) is 2.46. The number of fused-ring (bicyclic) bond motifs is 1. The molecule has 1 atom stereocenters. The van der Waals surface area contributed by atoms with E-state index in [1.807, 2.05) is 13.8 Å². The van der Waals surface area contributed by atoms with Gasteiger partial charge in [0.1, 0.15) is 0 Å². The average Bonchev–Trinajstić information content (AvgIpc) is 2.57. The van der Waals surface area contributed by atoms with Crippen LogP contribution in [-0.2, 0) is 12.8 Å². The van der Waals surface area contributed by atoms with Crippen LogP contribution in [0.5, 0.6) is 0 Å². The van der Waals surface area contributed by atoms with Crippen LogP contribution in [0.2, 0.25) is 0 Å². The molecule has 2 aromatic rings. The van der Waals surface area contributed by atoms with Crippen LogP contribution >= 0.6 is 12.2 Å². The van der Waals surface area contributed by atoms with E-state index in [1.165, 1.54) is 47.1 Å². The molecular weight excluding hydrogens is 334 g/mol. The fraction of sp³-hybridized carbons (Fsp3) is 0.375. The summed E-state index contributed by atoms with van der Waals surface area (Å²) in [6.07, 6.45) is 3.66. The van der Waals surface area contributed by atoms with Gasteiger partial charge in [-0.2, -0.15) is 4.99 Å². The lowest BCUT2D eigenvalue weighted by Gasteiger charge is -2.25. The highest BCUT2D eigenvalue weighted by atomic mass is 32.1. The van der Waals surface area contributed by atoms with Gasteiger partial charge in [0, 0.05) is 11.1 Å². The zero-order valence-corrected chi connectivity index (χ0v) is 17.1. The lowest BCUT2D eigenvalue weighted by Crippen LogP contribution is -2.14. The maximum Gasteiger partial charge on any atom is 0.0798 e. The zero-order valence-electron chi connectivity index (χ0n) is 16.3. The van der Waals surface area contributed by atoms with Crippen molar-refractivity contribution in [2.75, 3.05) is 0 Å². The third-order valence-corrected chi connectivity index (χ3v) is 5.53. The third kappa shape index (κ3) is 3.65. The maximum atomic E-state index is 4.74. The molecule has 0 aromatic heterocycles. The normalized spacial score (nSPS) is 15.5. The largest absolute Gasteiger partial charge is 0.194 e. The van der Waals surface area contributed by atoms with Gasteiger partial charge in [0.2, 0.25) is 0 Å². The Morgan fingerprint density at radius 2 is 1.69 bits per heavy atom. The van der Waals surface area contributed by atoms with Crippen LogP contribution in [0, 0.1) is 45.5 Å². The molecule has 2 aromatic carbocycles. The van der Waals surface area contributed by atoms with Crippen LogP contribution in [0.15, 0.2) is 23.2 Å². The van der Waals surface area contributed by atoms with Crippen molar-refractivity contribution in [3.05, 3.63) is 62.7 Å². The highest BCUT2D eigenvalue weighted by molar-refractivity contribution is 7.78. The molecule has 0 N–H and O–H groups in total. The molecule has 26 heavy (non-hydrogen) atoms. The number of rotatable bonds is 1. The summed E-state index contributed by atoms with van der Waals surface area (Å²) in [5.41, 5.74) is 11.0. The minimum Gasteiger partial charge on any atom is -0.194 e. The topological polar surface area (TPSA) is 12.4 Å². The van der Waals surface area contributed by atoms with Gasteiger partial charge in [0.25, 0.3) is 0 Å². The quantitative estimate of drug-likeness (QED) is 0.336. The van der Waals surface area contributed by atoms with Crippen LogP contribution in [0.1, 0.15) is 57.9 Å². The minimum atomic E-state index is 0.790. The first-order valence-corrected chi connectivity index (χ1v) is 9.64. The second-order valence-electron chi connectivity index (χ2n) is 7.59. The van der Waals surface area contributed by atoms with Gasteiger partial charge in [0.15, 0.2) is 0 Å². The Labute approximate surface area is 162 Å². The van der Waals surface area contributed by atoms with E-state index < -0.39 is 0 Å². The number of nitrogens with zero attached hydrogens (tertiary/aromatic N) is 1. The lowest BCUT2D eigenvalue weighted by atomic mass is 9.80. The van der Waals surface area contributed by atoms with Gasteiger partial charge in [-0.3, -0.25) is 0 Å². The molecule has 1 nitrogen and oxygen atoms in total. The van der Waals surface area contributed by atoms with Crippen molar-refractivity contribution in [3.63, 3.8) is 0 Å². The molecule has 0 fully saturated rings. The van der Waals surface area contributed by atoms with Crippen molar-refractivity contribution in [2.45, 2.75) is 53.9 Å². The predicted octanol–water partition coefficient (Wildman–Crippen LogP) is 6.18. The van der Waals surface area contributed by atoms with Crippen molar-refractivity contribution < 1.29 is 0 Å². The highest BCUT2D eigenvalue weighted by Gasteiger charge is 2.19. The molecule has 0 aliphatic heterocycles. The molecular formula is C24H25NS. The second-order valence-corrected chi connectivity index (χ2v) is 7.77. The molecule has 0 amide bonds. The average molecular weight is 360 g/mol. The number of hydrogen-bond donors (Lipinski definition) is 0. The molecule has 132 valence electrons. The van der Waals surface area contributed by atoms with Crippen molar-refractivity contribution in [1.82, 2.24) is 0 Å². The summed E-state index contributed by atoms with van der Waals surface area (Å²) >= 11 is 4.74. The van der Waals surface area contributed by atoms with Crippen molar-refractivity contribution >= 4 is 23.1 Å². The van der Waals surface area contributed by atoms with Gasteiger partial charge in [-0.05, 0) is 111 Å². The molecule has 2 heteroatoms. The molecule has 0 spiro atoms. The monoisotopic (exact) mass is 359 g/mol. The molecule has 0 saturated carbocycles. The van der Waals surface area contributed by atoms with Gasteiger partial charge >= 0.3 is 0 Å². The zero-order chi connectivity index (χ0) is 18.8. The van der Waals surface area contributed by atoms with Crippen LogP contribution in [-0.4, -0.2) is 5.16 Å². The Kier molecular flexibility index (Phi) is 5.42. The maximum absolute atomic E-state index is 4.74. The molecule has 3 rings (SSSR count). The Hall–Kier alpha value is -2.20. The summed E-state index contributed by atoms with van der Waals surface area (Å²) < 4.78 is 0. The van der Waals surface area contributed by atoms with Gasteiger partial charge < -0.3 is 0 Å². The second kappa shape index (κ2) is 7.58. The number of aliphatic imine (C=N–C) groups is 1. The smallest absolute Gasteiger partial charge is 0.0798 e. The van der Waals surface area contributed by atoms with E-state index in [2.05, 4.69) is 61.0 Å². The summed E-state index contributed by atoms with van der Waals surface area (Å²) in [7, 11) is 0. The molecule has 1 aliphatic carbocycles. The lowest BCUT2D eigenvalue weighted by molar-refractivity contribution is 0.499. The van der Waals surface area contributed by atoms with E-state index in [-0.39, 0.29) is 0 Å². The standard InChI is InChI=1S/C24H25NS/c1-15-6-8-23-19(5)22(16(2)13-21(23)10-15)9-7-20-11-17(3)24(25-14-26)18(4)12-20/h11-13,15H,6,8,10H2,1-5H3. The summed E-state index contributed by atoms with van der Waals surface area (Å²) in [6, 6.07) is 6.52. The fourth-order valence-corrected chi connectivity index (χ4v) is 4.17. The first kappa shape index (κ1) is 18.6. The molecule has 1 aliphatic rings. The van der Waals surface area contributed by atoms with E-state index >= 15 is 0 Å². The van der Waals surface area contributed by atoms with E-state index in [4.69, 9.17) is 12.2 Å². The van der Waals surface area contributed by atoms with Gasteiger partial charge in [-0.15, -0.1) is 0 Å². The Balaban J connectivity index is 2.03. The van der Waals surface area contributed by atoms with Gasteiger partial charge in [0.05, 0.1) is 10.8 Å². The first-order valence-electron chi connectivity index (χ1n) is 9.23. The first-order chi connectivity index (χ1) is 12.4. The van der Waals surface area contributed by atoms with Crippen molar-refractivity contribution in [3.8, 4) is 11.8 Å². The van der Waals surface area contributed by atoms with Gasteiger partial charge in [-0.1, -0.05) is 24.8 Å². The van der Waals surface area contributed by atoms with E-state index in [9.17, 15) is 0 Å². The van der Waals surface area contributed by atoms with Crippen LogP contribution in [0.25, 0.3) is 0 Å². The third-order valence-electron chi connectivity index (χ3n) is 5.44. The van der Waals surface area contributed by atoms with Crippen molar-refractivity contribution in [2.24, 2.45) is 10.9 Å². The predicted molar refractivity (Wildman–Crippen MR) is 114 cm³/mol. The number of hydrogen-bond acceptors (Lipinski definition) is 2. The fourth-order valence-electron chi connectivity index (χ4n) is 4.08. The molecule has 0 saturated heterocycles. The van der Waals surface area contributed by atoms with E-state index in [1.54, 1.807) is 0 Å². The summed E-state index contributed by atoms with van der Waals surface area (Å²) in [5.74, 6) is 7.61. The molecule has 0 heterocycles. The van der Waals surface area contributed by atoms with E-state index in [0.717, 1.165) is 28.3 Å². The van der Waals surface area contributed by atoms with Gasteiger partial charge in [-0.25, -0.2) is 0 Å². The highest BCUT2D eigenvalue weighted by Crippen LogP contribution is 2.31. The van der Waals surface area contributed by atoms with Crippen LogP contribution in [0.4, 0.5) is 5.69 Å². The van der Waals surface area contributed by atoms with Crippen molar-refractivity contribution in [1.29, 1.82) is 0 Å². The molecule has 0 bridgehead atoms.